The average molecular weight is 385 g/mol. The molecule has 2 atom stereocenters. The van der Waals surface area contributed by atoms with Gasteiger partial charge in [-0.3, -0.25) is 0 Å². The Morgan fingerprint density at radius 3 is 2.48 bits per heavy atom. The highest BCUT2D eigenvalue weighted by molar-refractivity contribution is 9.10. The maximum Gasteiger partial charge on any atom is 0.0455 e. The van der Waals surface area contributed by atoms with E-state index in [0.29, 0.717) is 16.9 Å². The Balaban J connectivity index is 1.96. The van der Waals surface area contributed by atoms with Crippen molar-refractivity contribution in [3.8, 4) is 0 Å². The van der Waals surface area contributed by atoms with Crippen LogP contribution in [0.2, 0.25) is 10.0 Å². The zero-order valence-corrected chi connectivity index (χ0v) is 14.5. The van der Waals surface area contributed by atoms with E-state index in [1.165, 1.54) is 11.1 Å². The van der Waals surface area contributed by atoms with Gasteiger partial charge in [-0.05, 0) is 54.3 Å². The summed E-state index contributed by atoms with van der Waals surface area (Å²) in [6.07, 6.45) is 1.09. The third-order valence-electron chi connectivity index (χ3n) is 4.14. The van der Waals surface area contributed by atoms with Crippen LogP contribution < -0.4 is 5.32 Å². The van der Waals surface area contributed by atoms with E-state index in [0.717, 1.165) is 29.0 Å². The molecule has 1 aliphatic rings. The minimum atomic E-state index is 0.428. The first-order chi connectivity index (χ1) is 10.1. The van der Waals surface area contributed by atoms with E-state index in [9.17, 15) is 0 Å². The number of hydrogen-bond acceptors (Lipinski definition) is 1. The van der Waals surface area contributed by atoms with Crippen molar-refractivity contribution in [2.24, 2.45) is 0 Å². The second-order valence-corrected chi connectivity index (χ2v) is 7.18. The van der Waals surface area contributed by atoms with Gasteiger partial charge in [0.1, 0.15) is 0 Å². The standard InChI is InChI=1S/C17H16BrCl2N/c18-12-3-1-11(2-4-12)16-10-21-8-7-14(16)15-6-5-13(19)9-17(15)20/h1-6,9,14,16,21H,7-8,10H2. The third-order valence-corrected chi connectivity index (χ3v) is 5.23. The lowest BCUT2D eigenvalue weighted by atomic mass is 9.77. The van der Waals surface area contributed by atoms with E-state index in [2.05, 4.69) is 51.6 Å². The molecule has 0 bridgehead atoms. The predicted octanol–water partition coefficient (Wildman–Crippen LogP) is 5.62. The lowest BCUT2D eigenvalue weighted by molar-refractivity contribution is 0.404. The van der Waals surface area contributed by atoms with Crippen LogP contribution in [0.25, 0.3) is 0 Å². The van der Waals surface area contributed by atoms with Gasteiger partial charge in [-0.1, -0.05) is 57.3 Å². The number of halogens is 3. The molecule has 3 rings (SSSR count). The van der Waals surface area contributed by atoms with Crippen LogP contribution >= 0.6 is 39.1 Å². The van der Waals surface area contributed by atoms with E-state index in [1.807, 2.05) is 12.1 Å². The molecule has 21 heavy (non-hydrogen) atoms. The highest BCUT2D eigenvalue weighted by Gasteiger charge is 2.29. The van der Waals surface area contributed by atoms with E-state index in [-0.39, 0.29) is 0 Å². The van der Waals surface area contributed by atoms with Crippen LogP contribution in [0.15, 0.2) is 46.9 Å². The monoisotopic (exact) mass is 383 g/mol. The molecule has 0 aliphatic carbocycles. The van der Waals surface area contributed by atoms with E-state index in [4.69, 9.17) is 23.2 Å². The van der Waals surface area contributed by atoms with Crippen molar-refractivity contribution in [3.63, 3.8) is 0 Å². The molecule has 0 spiro atoms. The summed E-state index contributed by atoms with van der Waals surface area (Å²) >= 11 is 16.0. The van der Waals surface area contributed by atoms with Crippen molar-refractivity contribution < 1.29 is 0 Å². The first kappa shape index (κ1) is 15.4. The van der Waals surface area contributed by atoms with Crippen LogP contribution in [0.1, 0.15) is 29.4 Å². The summed E-state index contributed by atoms with van der Waals surface area (Å²) < 4.78 is 1.11. The SMILES string of the molecule is Clc1ccc(C2CCNCC2c2ccc(Br)cc2)c(Cl)c1. The number of rotatable bonds is 2. The molecular weight excluding hydrogens is 369 g/mol. The van der Waals surface area contributed by atoms with Gasteiger partial charge in [0.2, 0.25) is 0 Å². The summed E-state index contributed by atoms with van der Waals surface area (Å²) in [5.74, 6) is 0.864. The van der Waals surface area contributed by atoms with Crippen molar-refractivity contribution in [2.75, 3.05) is 13.1 Å². The molecule has 0 aromatic heterocycles. The minimum absolute atomic E-state index is 0.428. The van der Waals surface area contributed by atoms with Crippen LogP contribution in [-0.2, 0) is 0 Å². The molecule has 2 unspecified atom stereocenters. The first-order valence-corrected chi connectivity index (χ1v) is 8.61. The van der Waals surface area contributed by atoms with Gasteiger partial charge in [0.05, 0.1) is 0 Å². The fourth-order valence-electron chi connectivity index (χ4n) is 3.09. The molecule has 110 valence electrons. The van der Waals surface area contributed by atoms with Crippen molar-refractivity contribution in [1.29, 1.82) is 0 Å². The number of hydrogen-bond donors (Lipinski definition) is 1. The second kappa shape index (κ2) is 6.70. The quantitative estimate of drug-likeness (QED) is 0.708. The van der Waals surface area contributed by atoms with Crippen molar-refractivity contribution in [3.05, 3.63) is 68.1 Å². The zero-order chi connectivity index (χ0) is 14.8. The van der Waals surface area contributed by atoms with Gasteiger partial charge in [0.25, 0.3) is 0 Å². The Morgan fingerprint density at radius 1 is 1.00 bits per heavy atom. The molecule has 0 saturated carbocycles. The zero-order valence-electron chi connectivity index (χ0n) is 11.5. The number of benzene rings is 2. The van der Waals surface area contributed by atoms with E-state index >= 15 is 0 Å². The average Bonchev–Trinajstić information content (AvgIpc) is 2.48. The van der Waals surface area contributed by atoms with Gasteiger partial charge in [0.15, 0.2) is 0 Å². The van der Waals surface area contributed by atoms with Crippen LogP contribution in [-0.4, -0.2) is 13.1 Å². The van der Waals surface area contributed by atoms with Gasteiger partial charge in [-0.2, -0.15) is 0 Å². The largest absolute Gasteiger partial charge is 0.316 e. The molecule has 2 aromatic rings. The molecule has 1 fully saturated rings. The molecule has 1 aliphatic heterocycles. The molecule has 1 N–H and O–H groups in total. The maximum absolute atomic E-state index is 6.43. The Bertz CT molecular complexity index is 627. The van der Waals surface area contributed by atoms with Crippen LogP contribution in [0.5, 0.6) is 0 Å². The smallest absolute Gasteiger partial charge is 0.0455 e. The maximum atomic E-state index is 6.43. The summed E-state index contributed by atoms with van der Waals surface area (Å²) in [6, 6.07) is 14.4. The molecule has 1 nitrogen and oxygen atoms in total. The molecule has 0 radical (unpaired) electrons. The summed E-state index contributed by atoms with van der Waals surface area (Å²) in [7, 11) is 0. The van der Waals surface area contributed by atoms with Crippen molar-refractivity contribution in [1.82, 2.24) is 5.32 Å². The molecule has 2 aromatic carbocycles. The Kier molecular flexibility index (Phi) is 4.90. The van der Waals surface area contributed by atoms with Gasteiger partial charge >= 0.3 is 0 Å². The van der Waals surface area contributed by atoms with Gasteiger partial charge in [-0.25, -0.2) is 0 Å². The molecule has 1 heterocycles. The van der Waals surface area contributed by atoms with E-state index in [1.54, 1.807) is 0 Å². The molecule has 4 heteroatoms. The van der Waals surface area contributed by atoms with Crippen molar-refractivity contribution in [2.45, 2.75) is 18.3 Å². The van der Waals surface area contributed by atoms with Gasteiger partial charge in [0, 0.05) is 27.0 Å². The van der Waals surface area contributed by atoms with Gasteiger partial charge in [-0.15, -0.1) is 0 Å². The third kappa shape index (κ3) is 3.45. The lowest BCUT2D eigenvalue weighted by Gasteiger charge is -2.33. The summed E-state index contributed by atoms with van der Waals surface area (Å²) in [4.78, 5) is 0. The molecule has 0 amide bonds. The summed E-state index contributed by atoms with van der Waals surface area (Å²) in [5, 5.41) is 4.96. The van der Waals surface area contributed by atoms with Crippen molar-refractivity contribution >= 4 is 39.1 Å². The summed E-state index contributed by atoms with van der Waals surface area (Å²) in [6.45, 7) is 2.00. The second-order valence-electron chi connectivity index (χ2n) is 5.42. The lowest BCUT2D eigenvalue weighted by Crippen LogP contribution is -2.34. The minimum Gasteiger partial charge on any atom is -0.316 e. The Labute approximate surface area is 143 Å². The highest BCUT2D eigenvalue weighted by Crippen LogP contribution is 2.41. The number of nitrogens with one attached hydrogen (secondary N) is 1. The fourth-order valence-corrected chi connectivity index (χ4v) is 3.91. The van der Waals surface area contributed by atoms with Gasteiger partial charge < -0.3 is 5.32 Å². The summed E-state index contributed by atoms with van der Waals surface area (Å²) in [5.41, 5.74) is 2.55. The number of piperidine rings is 1. The normalized spacial score (nSPS) is 22.2. The molecular formula is C17H16BrCl2N. The first-order valence-electron chi connectivity index (χ1n) is 7.06. The molecule has 1 saturated heterocycles. The van der Waals surface area contributed by atoms with Crippen LogP contribution in [0.4, 0.5) is 0 Å². The fraction of sp³-hybridized carbons (Fsp3) is 0.294. The highest BCUT2D eigenvalue weighted by atomic mass is 79.9. The van der Waals surface area contributed by atoms with Crippen LogP contribution in [0.3, 0.4) is 0 Å². The topological polar surface area (TPSA) is 12.0 Å². The Morgan fingerprint density at radius 2 is 1.76 bits per heavy atom. The predicted molar refractivity (Wildman–Crippen MR) is 93.6 cm³/mol. The van der Waals surface area contributed by atoms with Crippen LogP contribution in [0, 0.1) is 0 Å². The Hall–Kier alpha value is -0.540. The van der Waals surface area contributed by atoms with E-state index < -0.39 is 0 Å².